The SMILES string of the molecule is Cc1ccc(C)c(C(=O)Nc2nn(Cc3ccccc3F)cc2Cl)c1. The van der Waals surface area contributed by atoms with Crippen LogP contribution in [0.2, 0.25) is 5.02 Å². The maximum absolute atomic E-state index is 13.8. The molecule has 1 N–H and O–H groups in total. The Kier molecular flexibility index (Phi) is 4.86. The van der Waals surface area contributed by atoms with Crippen LogP contribution in [0.3, 0.4) is 0 Å². The van der Waals surface area contributed by atoms with Crippen LogP contribution >= 0.6 is 11.6 Å². The van der Waals surface area contributed by atoms with Crippen molar-refractivity contribution < 1.29 is 9.18 Å². The average Bonchev–Trinajstić information content (AvgIpc) is 2.91. The lowest BCUT2D eigenvalue weighted by Crippen LogP contribution is -2.14. The van der Waals surface area contributed by atoms with Crippen LogP contribution in [0.1, 0.15) is 27.0 Å². The summed E-state index contributed by atoms with van der Waals surface area (Å²) in [5.41, 5.74) is 2.92. The Hall–Kier alpha value is -2.66. The minimum Gasteiger partial charge on any atom is -0.304 e. The van der Waals surface area contributed by atoms with Gasteiger partial charge in [0.15, 0.2) is 5.82 Å². The van der Waals surface area contributed by atoms with Crippen molar-refractivity contribution in [3.05, 3.63) is 81.8 Å². The number of hydrogen-bond donors (Lipinski definition) is 1. The first-order valence-corrected chi connectivity index (χ1v) is 8.17. The Bertz CT molecular complexity index is 936. The zero-order valence-corrected chi connectivity index (χ0v) is 14.6. The molecule has 3 rings (SSSR count). The molecule has 0 saturated heterocycles. The van der Waals surface area contributed by atoms with E-state index >= 15 is 0 Å². The molecule has 0 aliphatic heterocycles. The van der Waals surface area contributed by atoms with Gasteiger partial charge in [-0.2, -0.15) is 5.10 Å². The second kappa shape index (κ2) is 7.07. The molecule has 4 nitrogen and oxygen atoms in total. The van der Waals surface area contributed by atoms with E-state index in [1.54, 1.807) is 24.4 Å². The molecule has 1 heterocycles. The van der Waals surface area contributed by atoms with Gasteiger partial charge in [-0.05, 0) is 31.5 Å². The summed E-state index contributed by atoms with van der Waals surface area (Å²) in [5.74, 6) is -0.335. The Morgan fingerprint density at radius 1 is 1.24 bits per heavy atom. The van der Waals surface area contributed by atoms with Crippen LogP contribution in [0, 0.1) is 19.7 Å². The van der Waals surface area contributed by atoms with E-state index in [0.29, 0.717) is 16.1 Å². The summed E-state index contributed by atoms with van der Waals surface area (Å²) < 4.78 is 15.3. The van der Waals surface area contributed by atoms with Gasteiger partial charge in [0.25, 0.3) is 5.91 Å². The summed E-state index contributed by atoms with van der Waals surface area (Å²) in [4.78, 5) is 12.5. The van der Waals surface area contributed by atoms with Crippen molar-refractivity contribution in [1.29, 1.82) is 0 Å². The van der Waals surface area contributed by atoms with Crippen LogP contribution in [0.5, 0.6) is 0 Å². The Labute approximate surface area is 150 Å². The van der Waals surface area contributed by atoms with E-state index in [9.17, 15) is 9.18 Å². The maximum atomic E-state index is 13.8. The number of nitrogens with zero attached hydrogens (tertiary/aromatic N) is 2. The van der Waals surface area contributed by atoms with Crippen molar-refractivity contribution in [2.75, 3.05) is 5.32 Å². The predicted octanol–water partition coefficient (Wildman–Crippen LogP) is 4.59. The molecule has 128 valence electrons. The Balaban J connectivity index is 1.80. The minimum atomic E-state index is -0.310. The Morgan fingerprint density at radius 3 is 2.76 bits per heavy atom. The third-order valence-electron chi connectivity index (χ3n) is 3.88. The summed E-state index contributed by atoms with van der Waals surface area (Å²) in [5, 5.41) is 7.27. The fraction of sp³-hybridized carbons (Fsp3) is 0.158. The number of carbonyl (C=O) groups is 1. The van der Waals surface area contributed by atoms with Crippen molar-refractivity contribution in [2.45, 2.75) is 20.4 Å². The second-order valence-corrected chi connectivity index (χ2v) is 6.29. The standard InChI is InChI=1S/C19H17ClFN3O/c1-12-7-8-13(2)15(9-12)19(25)22-18-16(20)11-24(23-18)10-14-5-3-4-6-17(14)21/h3-9,11H,10H2,1-2H3,(H,22,23,25). The summed E-state index contributed by atoms with van der Waals surface area (Å²) in [6.45, 7) is 4.02. The summed E-state index contributed by atoms with van der Waals surface area (Å²) in [6, 6.07) is 12.1. The first kappa shape index (κ1) is 17.2. The molecule has 6 heteroatoms. The molecule has 2 aromatic carbocycles. The summed E-state index contributed by atoms with van der Waals surface area (Å²) >= 11 is 6.16. The van der Waals surface area contributed by atoms with Crippen molar-refractivity contribution in [3.63, 3.8) is 0 Å². The van der Waals surface area contributed by atoms with Gasteiger partial charge >= 0.3 is 0 Å². The van der Waals surface area contributed by atoms with Gasteiger partial charge < -0.3 is 5.32 Å². The van der Waals surface area contributed by atoms with Crippen LogP contribution in [-0.4, -0.2) is 15.7 Å². The largest absolute Gasteiger partial charge is 0.304 e. The molecule has 0 spiro atoms. The number of anilines is 1. The lowest BCUT2D eigenvalue weighted by Gasteiger charge is -2.07. The highest BCUT2D eigenvalue weighted by Crippen LogP contribution is 2.22. The predicted molar refractivity (Wildman–Crippen MR) is 96.6 cm³/mol. The third-order valence-corrected chi connectivity index (χ3v) is 4.15. The number of amides is 1. The molecule has 0 saturated carbocycles. The normalized spacial score (nSPS) is 10.7. The van der Waals surface area contributed by atoms with Crippen LogP contribution in [0.25, 0.3) is 0 Å². The van der Waals surface area contributed by atoms with E-state index in [1.807, 2.05) is 32.0 Å². The molecule has 1 amide bonds. The van der Waals surface area contributed by atoms with Crippen molar-refractivity contribution in [3.8, 4) is 0 Å². The average molecular weight is 358 g/mol. The molecular weight excluding hydrogens is 341 g/mol. The Morgan fingerprint density at radius 2 is 2.00 bits per heavy atom. The first-order chi connectivity index (χ1) is 11.9. The number of nitrogens with one attached hydrogen (secondary N) is 1. The second-order valence-electron chi connectivity index (χ2n) is 5.89. The highest BCUT2D eigenvalue weighted by atomic mass is 35.5. The number of carbonyl (C=O) groups excluding carboxylic acids is 1. The maximum Gasteiger partial charge on any atom is 0.257 e. The molecular formula is C19H17ClFN3O. The van der Waals surface area contributed by atoms with Gasteiger partial charge in [-0.15, -0.1) is 0 Å². The molecule has 0 fully saturated rings. The zero-order chi connectivity index (χ0) is 18.0. The highest BCUT2D eigenvalue weighted by Gasteiger charge is 2.15. The first-order valence-electron chi connectivity index (χ1n) is 7.79. The number of halogens is 2. The van der Waals surface area contributed by atoms with Gasteiger partial charge in [0.05, 0.1) is 6.54 Å². The molecule has 3 aromatic rings. The molecule has 0 radical (unpaired) electrons. The minimum absolute atomic E-state index is 0.228. The molecule has 0 unspecified atom stereocenters. The molecule has 25 heavy (non-hydrogen) atoms. The van der Waals surface area contributed by atoms with E-state index in [2.05, 4.69) is 10.4 Å². The monoisotopic (exact) mass is 357 g/mol. The lowest BCUT2D eigenvalue weighted by atomic mass is 10.1. The number of aryl methyl sites for hydroxylation is 2. The number of hydrogen-bond acceptors (Lipinski definition) is 2. The van der Waals surface area contributed by atoms with E-state index in [1.165, 1.54) is 10.7 Å². The number of aromatic nitrogens is 2. The van der Waals surface area contributed by atoms with Crippen molar-refractivity contribution >= 4 is 23.3 Å². The summed E-state index contributed by atoms with van der Waals surface area (Å²) in [6.07, 6.45) is 1.56. The van der Waals surface area contributed by atoms with Crippen molar-refractivity contribution in [2.24, 2.45) is 0 Å². The van der Waals surface area contributed by atoms with E-state index in [4.69, 9.17) is 11.6 Å². The van der Waals surface area contributed by atoms with E-state index < -0.39 is 0 Å². The smallest absolute Gasteiger partial charge is 0.257 e. The van der Waals surface area contributed by atoms with Crippen LogP contribution < -0.4 is 5.32 Å². The van der Waals surface area contributed by atoms with Crippen LogP contribution in [-0.2, 0) is 6.54 Å². The molecule has 0 aliphatic carbocycles. The van der Waals surface area contributed by atoms with Crippen molar-refractivity contribution in [1.82, 2.24) is 9.78 Å². The van der Waals surface area contributed by atoms with E-state index in [0.717, 1.165) is 11.1 Å². The molecule has 0 atom stereocenters. The topological polar surface area (TPSA) is 46.9 Å². The fourth-order valence-electron chi connectivity index (χ4n) is 2.52. The quantitative estimate of drug-likeness (QED) is 0.742. The zero-order valence-electron chi connectivity index (χ0n) is 13.9. The highest BCUT2D eigenvalue weighted by molar-refractivity contribution is 6.33. The van der Waals surface area contributed by atoms with Gasteiger partial charge in [-0.3, -0.25) is 9.48 Å². The van der Waals surface area contributed by atoms with Gasteiger partial charge in [-0.1, -0.05) is 47.5 Å². The fourth-order valence-corrected chi connectivity index (χ4v) is 2.72. The van der Waals surface area contributed by atoms with Gasteiger partial charge in [-0.25, -0.2) is 4.39 Å². The third kappa shape index (κ3) is 3.88. The number of benzene rings is 2. The number of rotatable bonds is 4. The van der Waals surface area contributed by atoms with E-state index in [-0.39, 0.29) is 24.1 Å². The summed E-state index contributed by atoms with van der Waals surface area (Å²) in [7, 11) is 0. The molecule has 1 aromatic heterocycles. The molecule has 0 aliphatic rings. The van der Waals surface area contributed by atoms with Crippen LogP contribution in [0.4, 0.5) is 10.2 Å². The lowest BCUT2D eigenvalue weighted by molar-refractivity contribution is 0.102. The van der Waals surface area contributed by atoms with Crippen LogP contribution in [0.15, 0.2) is 48.7 Å². The van der Waals surface area contributed by atoms with Gasteiger partial charge in [0, 0.05) is 17.3 Å². The molecule has 0 bridgehead atoms. The van der Waals surface area contributed by atoms with Gasteiger partial charge in [0.1, 0.15) is 10.8 Å². The van der Waals surface area contributed by atoms with Gasteiger partial charge in [0.2, 0.25) is 0 Å².